The molecule has 0 spiro atoms. The number of aromatic nitrogens is 3. The van der Waals surface area contributed by atoms with Gasteiger partial charge in [-0.25, -0.2) is 9.99 Å². The third kappa shape index (κ3) is 3.90. The number of hydrogen-bond donors (Lipinski definition) is 2. The average molecular weight is 340 g/mol. The molecule has 0 atom stereocenters. The van der Waals surface area contributed by atoms with Gasteiger partial charge in [0.15, 0.2) is 0 Å². The van der Waals surface area contributed by atoms with Crippen LogP contribution in [-0.2, 0) is 16.0 Å². The third-order valence-electron chi connectivity index (χ3n) is 4.00. The molecule has 2 N–H and O–H groups in total. The first-order valence-electron chi connectivity index (χ1n) is 8.14. The van der Waals surface area contributed by atoms with E-state index in [0.29, 0.717) is 30.9 Å². The number of benzene rings is 1. The van der Waals surface area contributed by atoms with Crippen LogP contribution in [0.5, 0.6) is 0 Å². The zero-order valence-corrected chi connectivity index (χ0v) is 14.2. The Morgan fingerprint density at radius 3 is 2.92 bits per heavy atom. The van der Waals surface area contributed by atoms with Crippen molar-refractivity contribution in [3.8, 4) is 0 Å². The van der Waals surface area contributed by atoms with E-state index < -0.39 is 0 Å². The number of nitrogens with one attached hydrogen (secondary N) is 2. The first kappa shape index (κ1) is 16.8. The van der Waals surface area contributed by atoms with Gasteiger partial charge in [-0.05, 0) is 31.0 Å². The predicted molar refractivity (Wildman–Crippen MR) is 93.2 cm³/mol. The van der Waals surface area contributed by atoms with Crippen molar-refractivity contribution in [2.24, 2.45) is 5.10 Å². The van der Waals surface area contributed by atoms with Crippen LogP contribution < -0.4 is 10.3 Å². The second kappa shape index (κ2) is 7.25. The van der Waals surface area contributed by atoms with Gasteiger partial charge in [-0.3, -0.25) is 14.7 Å². The largest absolute Gasteiger partial charge is 0.350 e. The number of carbonyl (C=O) groups is 2. The number of nitrogens with zero attached hydrogens (tertiary/aromatic N) is 4. The normalized spacial score (nSPS) is 14.4. The lowest BCUT2D eigenvalue weighted by molar-refractivity contribution is -0.118. The van der Waals surface area contributed by atoms with Crippen LogP contribution in [0.15, 0.2) is 29.6 Å². The molecular weight excluding hydrogens is 320 g/mol. The van der Waals surface area contributed by atoms with Crippen molar-refractivity contribution >= 4 is 23.2 Å². The van der Waals surface area contributed by atoms with E-state index in [1.54, 1.807) is 0 Å². The summed E-state index contributed by atoms with van der Waals surface area (Å²) in [4.78, 5) is 28.6. The first-order valence-corrected chi connectivity index (χ1v) is 8.14. The van der Waals surface area contributed by atoms with Crippen molar-refractivity contribution in [2.75, 3.05) is 11.6 Å². The molecule has 3 rings (SSSR count). The molecule has 0 radical (unpaired) electrons. The van der Waals surface area contributed by atoms with Crippen LogP contribution in [-0.4, -0.2) is 39.3 Å². The molecule has 2 aromatic rings. The van der Waals surface area contributed by atoms with Crippen molar-refractivity contribution in [1.29, 1.82) is 0 Å². The van der Waals surface area contributed by atoms with Crippen molar-refractivity contribution in [3.63, 3.8) is 0 Å². The number of aromatic amines is 1. The number of hydrogen-bond acceptors (Lipinski definition) is 5. The van der Waals surface area contributed by atoms with E-state index in [4.69, 9.17) is 0 Å². The summed E-state index contributed by atoms with van der Waals surface area (Å²) in [5.74, 6) is 0.340. The van der Waals surface area contributed by atoms with Crippen LogP contribution in [0.25, 0.3) is 0 Å². The van der Waals surface area contributed by atoms with E-state index in [2.05, 4.69) is 25.6 Å². The summed E-state index contributed by atoms with van der Waals surface area (Å²) in [7, 11) is 0. The van der Waals surface area contributed by atoms with E-state index >= 15 is 0 Å². The number of hydrazone groups is 1. The Bertz CT molecular complexity index is 813. The van der Waals surface area contributed by atoms with Crippen LogP contribution in [0.3, 0.4) is 0 Å². The van der Waals surface area contributed by atoms with E-state index in [9.17, 15) is 9.59 Å². The zero-order chi connectivity index (χ0) is 17.8. The van der Waals surface area contributed by atoms with Crippen LogP contribution in [0, 0.1) is 13.8 Å². The van der Waals surface area contributed by atoms with Gasteiger partial charge in [-0.1, -0.05) is 12.1 Å². The first-order chi connectivity index (χ1) is 12.0. The van der Waals surface area contributed by atoms with Gasteiger partial charge < -0.3 is 5.32 Å². The molecule has 2 amide bonds. The fraction of sp³-hybridized carbons (Fsp3) is 0.353. The lowest BCUT2D eigenvalue weighted by atomic mass is 10.1. The number of H-pyrrole nitrogens is 1. The minimum atomic E-state index is -0.262. The summed E-state index contributed by atoms with van der Waals surface area (Å²) in [6, 6.07) is 5.83. The summed E-state index contributed by atoms with van der Waals surface area (Å²) in [5, 5.41) is 15.0. The predicted octanol–water partition coefficient (Wildman–Crippen LogP) is 1.26. The highest BCUT2D eigenvalue weighted by atomic mass is 16.2. The van der Waals surface area contributed by atoms with E-state index in [1.165, 1.54) is 11.3 Å². The molecule has 1 aromatic heterocycles. The molecule has 1 aliphatic rings. The number of carbonyl (C=O) groups excluding carboxylic acids is 2. The van der Waals surface area contributed by atoms with Gasteiger partial charge >= 0.3 is 0 Å². The third-order valence-corrected chi connectivity index (χ3v) is 4.00. The Balaban J connectivity index is 1.71. The fourth-order valence-corrected chi connectivity index (χ4v) is 2.60. The zero-order valence-electron chi connectivity index (χ0n) is 14.2. The number of rotatable bonds is 5. The van der Waals surface area contributed by atoms with E-state index in [0.717, 1.165) is 16.8 Å². The maximum absolute atomic E-state index is 12.3. The van der Waals surface area contributed by atoms with Crippen molar-refractivity contribution < 1.29 is 9.59 Å². The van der Waals surface area contributed by atoms with Gasteiger partial charge in [0, 0.05) is 25.8 Å². The van der Waals surface area contributed by atoms with Gasteiger partial charge in [0.1, 0.15) is 17.9 Å². The second-order valence-electron chi connectivity index (χ2n) is 5.98. The van der Waals surface area contributed by atoms with Crippen LogP contribution in [0.4, 0.5) is 5.69 Å². The van der Waals surface area contributed by atoms with Crippen molar-refractivity contribution in [1.82, 2.24) is 20.5 Å². The number of amides is 2. The maximum Gasteiger partial charge on any atom is 0.267 e. The summed E-state index contributed by atoms with van der Waals surface area (Å²) >= 11 is 0. The highest BCUT2D eigenvalue weighted by molar-refractivity contribution is 6.40. The van der Waals surface area contributed by atoms with Crippen molar-refractivity contribution in [3.05, 3.63) is 41.5 Å². The Kier molecular flexibility index (Phi) is 4.87. The molecule has 25 heavy (non-hydrogen) atoms. The summed E-state index contributed by atoms with van der Waals surface area (Å²) in [6.07, 6.45) is 2.59. The molecule has 0 unspecified atom stereocenters. The Labute approximate surface area is 145 Å². The van der Waals surface area contributed by atoms with E-state index in [1.807, 2.05) is 32.0 Å². The molecule has 1 aromatic carbocycles. The van der Waals surface area contributed by atoms with Crippen LogP contribution in [0.1, 0.15) is 29.8 Å². The standard InChI is InChI=1S/C17H20N6O2/c1-11-3-4-12(2)14(9-11)23-16(24)6-5-13(22-23)17(25)18-8-7-15-19-10-20-21-15/h3-4,9-10H,5-8H2,1-2H3,(H,18,25)(H,19,20,21). The highest BCUT2D eigenvalue weighted by Crippen LogP contribution is 2.25. The summed E-state index contributed by atoms with van der Waals surface area (Å²) < 4.78 is 0. The van der Waals surface area contributed by atoms with Crippen LogP contribution in [0.2, 0.25) is 0 Å². The summed E-state index contributed by atoms with van der Waals surface area (Å²) in [6.45, 7) is 4.30. The van der Waals surface area contributed by atoms with Crippen molar-refractivity contribution in [2.45, 2.75) is 33.1 Å². The van der Waals surface area contributed by atoms with E-state index in [-0.39, 0.29) is 18.2 Å². The number of anilines is 1. The molecule has 8 heteroatoms. The SMILES string of the molecule is Cc1ccc(C)c(N2N=C(C(=O)NCCc3ncn[nH]3)CCC2=O)c1. The van der Waals surface area contributed by atoms with Gasteiger partial charge in [-0.2, -0.15) is 10.2 Å². The molecule has 130 valence electrons. The Morgan fingerprint density at radius 2 is 2.16 bits per heavy atom. The smallest absolute Gasteiger partial charge is 0.267 e. The molecular formula is C17H20N6O2. The molecule has 0 saturated carbocycles. The average Bonchev–Trinajstić information content (AvgIpc) is 3.11. The molecule has 2 heterocycles. The molecule has 0 fully saturated rings. The quantitative estimate of drug-likeness (QED) is 0.855. The monoisotopic (exact) mass is 340 g/mol. The fourth-order valence-electron chi connectivity index (χ4n) is 2.60. The molecule has 0 bridgehead atoms. The highest BCUT2D eigenvalue weighted by Gasteiger charge is 2.26. The van der Waals surface area contributed by atoms with Gasteiger partial charge in [0.2, 0.25) is 5.91 Å². The second-order valence-corrected chi connectivity index (χ2v) is 5.98. The lowest BCUT2D eigenvalue weighted by Gasteiger charge is -2.24. The molecule has 0 saturated heterocycles. The van der Waals surface area contributed by atoms with Gasteiger partial charge in [0.25, 0.3) is 5.91 Å². The molecule has 0 aliphatic carbocycles. The van der Waals surface area contributed by atoms with Crippen LogP contribution >= 0.6 is 0 Å². The Hall–Kier alpha value is -3.03. The van der Waals surface area contributed by atoms with Gasteiger partial charge in [0.05, 0.1) is 5.69 Å². The maximum atomic E-state index is 12.3. The minimum absolute atomic E-state index is 0.105. The number of aryl methyl sites for hydroxylation is 2. The molecule has 8 nitrogen and oxygen atoms in total. The minimum Gasteiger partial charge on any atom is -0.350 e. The van der Waals surface area contributed by atoms with Gasteiger partial charge in [-0.15, -0.1) is 0 Å². The lowest BCUT2D eigenvalue weighted by Crippen LogP contribution is -2.40. The molecule has 1 aliphatic heterocycles. The Morgan fingerprint density at radius 1 is 1.32 bits per heavy atom. The summed E-state index contributed by atoms with van der Waals surface area (Å²) in [5.41, 5.74) is 3.05. The topological polar surface area (TPSA) is 103 Å².